The molecule has 0 saturated carbocycles. The van der Waals surface area contributed by atoms with Crippen LogP contribution in [0, 0.1) is 11.8 Å². The molecule has 2 fully saturated rings. The standard InChI is InChI=1S/C25H37F3N6O4S/c1-17(2)15-29-24(35)30-19-6-10-33(11-7-19)39(36,37)32(3)20-4-5-22-21(14-20)31-23(25(26,27)28)34(22)16-18-8-12-38-13-9-18/h4-5,14,17-19H,6-13,15-16H2,1-3H3,(H2,29,30,35). The maximum absolute atomic E-state index is 13.9. The first-order chi connectivity index (χ1) is 18.4. The molecule has 39 heavy (non-hydrogen) atoms. The predicted octanol–water partition coefficient (Wildman–Crippen LogP) is 3.58. The van der Waals surface area contributed by atoms with Gasteiger partial charge in [-0.25, -0.2) is 9.78 Å². The van der Waals surface area contributed by atoms with Crippen molar-refractivity contribution in [1.82, 2.24) is 24.5 Å². The molecule has 0 unspecified atom stereocenters. The van der Waals surface area contributed by atoms with Crippen LogP contribution in [-0.2, 0) is 27.7 Å². The minimum atomic E-state index is -4.65. The van der Waals surface area contributed by atoms with Crippen LogP contribution in [0.2, 0.25) is 0 Å². The number of anilines is 1. The molecule has 0 atom stereocenters. The largest absolute Gasteiger partial charge is 0.449 e. The average molecular weight is 575 g/mol. The predicted molar refractivity (Wildman–Crippen MR) is 142 cm³/mol. The Morgan fingerprint density at radius 1 is 1.18 bits per heavy atom. The normalized spacial score (nSPS) is 18.5. The fourth-order valence-electron chi connectivity index (χ4n) is 4.97. The lowest BCUT2D eigenvalue weighted by molar-refractivity contribution is -0.147. The highest BCUT2D eigenvalue weighted by molar-refractivity contribution is 7.90. The lowest BCUT2D eigenvalue weighted by atomic mass is 10.0. The Hall–Kier alpha value is -2.58. The number of alkyl halides is 3. The van der Waals surface area contributed by atoms with Crippen molar-refractivity contribution in [2.75, 3.05) is 44.2 Å². The van der Waals surface area contributed by atoms with Gasteiger partial charge >= 0.3 is 22.4 Å². The van der Waals surface area contributed by atoms with Gasteiger partial charge in [0.15, 0.2) is 0 Å². The lowest BCUT2D eigenvalue weighted by Gasteiger charge is -2.34. The van der Waals surface area contributed by atoms with Crippen molar-refractivity contribution < 1.29 is 31.1 Å². The molecule has 0 spiro atoms. The molecule has 0 aliphatic carbocycles. The van der Waals surface area contributed by atoms with Crippen LogP contribution in [0.3, 0.4) is 0 Å². The quantitative estimate of drug-likeness (QED) is 0.501. The zero-order valence-corrected chi connectivity index (χ0v) is 23.3. The monoisotopic (exact) mass is 574 g/mol. The Morgan fingerprint density at radius 2 is 1.85 bits per heavy atom. The topological polar surface area (TPSA) is 109 Å². The summed E-state index contributed by atoms with van der Waals surface area (Å²) in [6, 6.07) is 3.98. The number of carbonyl (C=O) groups excluding carboxylic acids is 1. The van der Waals surface area contributed by atoms with Gasteiger partial charge < -0.3 is 19.9 Å². The van der Waals surface area contributed by atoms with Crippen LogP contribution in [0.5, 0.6) is 0 Å². The molecule has 2 aliphatic heterocycles. The van der Waals surface area contributed by atoms with Crippen molar-refractivity contribution in [1.29, 1.82) is 0 Å². The molecular formula is C25H37F3N6O4S. The number of nitrogens with one attached hydrogen (secondary N) is 2. The number of halogens is 3. The van der Waals surface area contributed by atoms with Crippen LogP contribution in [0.4, 0.5) is 23.7 Å². The van der Waals surface area contributed by atoms with Crippen molar-refractivity contribution in [2.45, 2.75) is 58.3 Å². The number of ether oxygens (including phenoxy) is 1. The van der Waals surface area contributed by atoms with E-state index in [-0.39, 0.29) is 48.8 Å². The Balaban J connectivity index is 1.47. The Bertz CT molecular complexity index is 1250. The Kier molecular flexibility index (Phi) is 8.96. The minimum absolute atomic E-state index is 0.0404. The SMILES string of the molecule is CC(C)CNC(=O)NC1CCN(S(=O)(=O)N(C)c2ccc3c(c2)nc(C(F)(F)F)n3CC2CCOCC2)CC1. The van der Waals surface area contributed by atoms with E-state index < -0.39 is 22.2 Å². The first-order valence-electron chi connectivity index (χ1n) is 13.3. The molecule has 2 aliphatic rings. The third-order valence-corrected chi connectivity index (χ3v) is 9.18. The van der Waals surface area contributed by atoms with Crippen molar-refractivity contribution in [3.63, 3.8) is 0 Å². The van der Waals surface area contributed by atoms with Crippen LogP contribution in [-0.4, -0.2) is 74.2 Å². The van der Waals surface area contributed by atoms with E-state index >= 15 is 0 Å². The van der Waals surface area contributed by atoms with E-state index in [9.17, 15) is 26.4 Å². The number of urea groups is 1. The number of hydrogen-bond donors (Lipinski definition) is 2. The molecule has 4 rings (SSSR count). The zero-order chi connectivity index (χ0) is 28.4. The highest BCUT2D eigenvalue weighted by atomic mass is 32.2. The molecule has 1 aromatic heterocycles. The van der Waals surface area contributed by atoms with Gasteiger partial charge in [0.2, 0.25) is 5.82 Å². The first-order valence-corrected chi connectivity index (χ1v) is 14.7. The van der Waals surface area contributed by atoms with Crippen LogP contribution in [0.15, 0.2) is 18.2 Å². The third-order valence-electron chi connectivity index (χ3n) is 7.26. The molecule has 2 aromatic rings. The number of fused-ring (bicyclic) bond motifs is 1. The van der Waals surface area contributed by atoms with E-state index in [1.807, 2.05) is 13.8 Å². The van der Waals surface area contributed by atoms with Crippen LogP contribution in [0.1, 0.15) is 45.4 Å². The molecule has 14 heteroatoms. The highest BCUT2D eigenvalue weighted by Gasteiger charge is 2.38. The first kappa shape index (κ1) is 29.4. The highest BCUT2D eigenvalue weighted by Crippen LogP contribution is 2.35. The Labute approximate surface area is 227 Å². The van der Waals surface area contributed by atoms with Gasteiger partial charge in [-0.3, -0.25) is 4.31 Å². The zero-order valence-electron chi connectivity index (χ0n) is 22.5. The summed E-state index contributed by atoms with van der Waals surface area (Å²) in [7, 11) is -2.57. The molecule has 10 nitrogen and oxygen atoms in total. The van der Waals surface area contributed by atoms with Gasteiger partial charge in [-0.1, -0.05) is 13.8 Å². The fraction of sp³-hybridized carbons (Fsp3) is 0.680. The average Bonchev–Trinajstić information content (AvgIpc) is 3.26. The second kappa shape index (κ2) is 11.9. The molecule has 2 amide bonds. The van der Waals surface area contributed by atoms with E-state index in [1.165, 1.54) is 34.1 Å². The van der Waals surface area contributed by atoms with Gasteiger partial charge in [-0.05, 0) is 55.7 Å². The van der Waals surface area contributed by atoms with Crippen LogP contribution in [0.25, 0.3) is 11.0 Å². The van der Waals surface area contributed by atoms with Gasteiger partial charge in [-0.15, -0.1) is 0 Å². The van der Waals surface area contributed by atoms with Gasteiger partial charge in [0, 0.05) is 52.5 Å². The van der Waals surface area contributed by atoms with Crippen molar-refractivity contribution >= 4 is 33.0 Å². The number of nitrogens with zero attached hydrogens (tertiary/aromatic N) is 4. The minimum Gasteiger partial charge on any atom is -0.381 e. The second-order valence-electron chi connectivity index (χ2n) is 10.7. The number of hydrogen-bond acceptors (Lipinski definition) is 5. The van der Waals surface area contributed by atoms with Gasteiger partial charge in [0.05, 0.1) is 16.7 Å². The summed E-state index contributed by atoms with van der Waals surface area (Å²) in [5.41, 5.74) is 0.621. The van der Waals surface area contributed by atoms with Crippen LogP contribution >= 0.6 is 0 Å². The van der Waals surface area contributed by atoms with Crippen LogP contribution < -0.4 is 14.9 Å². The van der Waals surface area contributed by atoms with Gasteiger partial charge in [0.25, 0.3) is 0 Å². The fourth-order valence-corrected chi connectivity index (χ4v) is 6.37. The number of amides is 2. The summed E-state index contributed by atoms with van der Waals surface area (Å²) in [6.45, 7) is 6.16. The number of aromatic nitrogens is 2. The summed E-state index contributed by atoms with van der Waals surface area (Å²) >= 11 is 0. The number of benzene rings is 1. The molecular weight excluding hydrogens is 537 g/mol. The van der Waals surface area contributed by atoms with Gasteiger partial charge in [0.1, 0.15) is 0 Å². The Morgan fingerprint density at radius 3 is 2.46 bits per heavy atom. The number of carbonyl (C=O) groups is 1. The third kappa shape index (κ3) is 6.95. The summed E-state index contributed by atoms with van der Waals surface area (Å²) in [4.78, 5) is 15.9. The molecule has 3 heterocycles. The van der Waals surface area contributed by atoms with E-state index in [0.717, 1.165) is 4.31 Å². The lowest BCUT2D eigenvalue weighted by Crippen LogP contribution is -2.51. The van der Waals surface area contributed by atoms with E-state index in [4.69, 9.17) is 4.74 Å². The maximum Gasteiger partial charge on any atom is 0.449 e. The van der Waals surface area contributed by atoms with Crippen molar-refractivity contribution in [3.05, 3.63) is 24.0 Å². The second-order valence-corrected chi connectivity index (χ2v) is 12.6. The molecule has 2 saturated heterocycles. The van der Waals surface area contributed by atoms with Gasteiger partial charge in [-0.2, -0.15) is 25.9 Å². The number of imidazole rings is 1. The summed E-state index contributed by atoms with van der Waals surface area (Å²) < 4.78 is 77.2. The summed E-state index contributed by atoms with van der Waals surface area (Å²) in [5, 5.41) is 5.67. The summed E-state index contributed by atoms with van der Waals surface area (Å²) in [5.74, 6) is -0.629. The summed E-state index contributed by atoms with van der Waals surface area (Å²) in [6.07, 6.45) is -2.40. The molecule has 218 valence electrons. The van der Waals surface area contributed by atoms with E-state index in [0.29, 0.717) is 56.9 Å². The molecule has 0 radical (unpaired) electrons. The van der Waals surface area contributed by atoms with E-state index in [2.05, 4.69) is 15.6 Å². The van der Waals surface area contributed by atoms with Crippen molar-refractivity contribution in [2.24, 2.45) is 11.8 Å². The molecule has 0 bridgehead atoms. The maximum atomic E-state index is 13.9. The smallest absolute Gasteiger partial charge is 0.381 e. The number of rotatable bonds is 8. The molecule has 1 aromatic carbocycles. The molecule has 2 N–H and O–H groups in total. The van der Waals surface area contributed by atoms with E-state index in [1.54, 1.807) is 0 Å². The number of piperidine rings is 1. The van der Waals surface area contributed by atoms with Crippen molar-refractivity contribution in [3.8, 4) is 0 Å².